The van der Waals surface area contributed by atoms with E-state index < -0.39 is 0 Å². The van der Waals surface area contributed by atoms with Gasteiger partial charge in [-0.3, -0.25) is 14.6 Å². The first-order valence-corrected chi connectivity index (χ1v) is 9.46. The van der Waals surface area contributed by atoms with E-state index in [1.807, 2.05) is 0 Å². The molecule has 4 rings (SSSR count). The number of piperazine rings is 1. The molecule has 1 saturated carbocycles. The van der Waals surface area contributed by atoms with Crippen LogP contribution in [0.25, 0.3) is 10.8 Å². The summed E-state index contributed by atoms with van der Waals surface area (Å²) in [5.74, 6) is 0.941. The first-order valence-electron chi connectivity index (χ1n) is 9.46. The number of rotatable bonds is 6. The Morgan fingerprint density at radius 3 is 2.48 bits per heavy atom. The summed E-state index contributed by atoms with van der Waals surface area (Å²) in [6.45, 7) is 6.42. The highest BCUT2D eigenvalue weighted by Gasteiger charge is 2.23. The fourth-order valence-electron chi connectivity index (χ4n) is 3.62. The molecule has 2 fully saturated rings. The first-order chi connectivity index (χ1) is 12.3. The molecule has 1 amide bonds. The van der Waals surface area contributed by atoms with E-state index in [0.29, 0.717) is 6.54 Å². The van der Waals surface area contributed by atoms with E-state index in [0.717, 1.165) is 45.2 Å². The normalized spacial score (nSPS) is 19.2. The summed E-state index contributed by atoms with van der Waals surface area (Å²) in [5, 5.41) is 5.73. The number of nitrogens with one attached hydrogen (secondary N) is 1. The maximum atomic E-state index is 12.0. The number of carbonyl (C=O) groups is 1. The van der Waals surface area contributed by atoms with Crippen LogP contribution in [0.2, 0.25) is 0 Å². The second kappa shape index (κ2) is 7.54. The van der Waals surface area contributed by atoms with Crippen LogP contribution >= 0.6 is 0 Å². The molecule has 1 aliphatic heterocycles. The van der Waals surface area contributed by atoms with Crippen molar-refractivity contribution in [3.05, 3.63) is 48.0 Å². The van der Waals surface area contributed by atoms with Crippen molar-refractivity contribution in [2.45, 2.75) is 19.4 Å². The van der Waals surface area contributed by atoms with Crippen molar-refractivity contribution in [2.75, 3.05) is 39.3 Å². The fourth-order valence-corrected chi connectivity index (χ4v) is 3.62. The van der Waals surface area contributed by atoms with Gasteiger partial charge in [-0.2, -0.15) is 0 Å². The summed E-state index contributed by atoms with van der Waals surface area (Å²) in [5.41, 5.74) is 1.40. The Morgan fingerprint density at radius 2 is 1.68 bits per heavy atom. The lowest BCUT2D eigenvalue weighted by atomic mass is 10.0. The van der Waals surface area contributed by atoms with Crippen molar-refractivity contribution in [1.82, 2.24) is 15.1 Å². The zero-order valence-electron chi connectivity index (χ0n) is 14.8. The standard InChI is InChI=1S/C21H27N3O/c25-21(22-14-17-8-9-17)16-24-12-10-23(11-13-24)15-19-6-3-5-18-4-1-2-7-20(18)19/h1-7,17H,8-16H2,(H,22,25). The van der Waals surface area contributed by atoms with Crippen LogP contribution in [0.4, 0.5) is 0 Å². The number of carbonyl (C=O) groups excluding carboxylic acids is 1. The highest BCUT2D eigenvalue weighted by molar-refractivity contribution is 5.85. The lowest BCUT2D eigenvalue weighted by molar-refractivity contribution is -0.122. The van der Waals surface area contributed by atoms with E-state index in [-0.39, 0.29) is 5.91 Å². The van der Waals surface area contributed by atoms with Gasteiger partial charge in [-0.1, -0.05) is 42.5 Å². The number of benzene rings is 2. The molecule has 0 radical (unpaired) electrons. The Hall–Kier alpha value is -1.91. The average molecular weight is 337 g/mol. The van der Waals surface area contributed by atoms with Crippen molar-refractivity contribution in [3.63, 3.8) is 0 Å². The van der Waals surface area contributed by atoms with Crippen LogP contribution in [-0.4, -0.2) is 55.0 Å². The maximum Gasteiger partial charge on any atom is 0.234 e. The number of fused-ring (bicyclic) bond motifs is 1. The summed E-state index contributed by atoms with van der Waals surface area (Å²) < 4.78 is 0. The van der Waals surface area contributed by atoms with Gasteiger partial charge in [0.15, 0.2) is 0 Å². The van der Waals surface area contributed by atoms with Gasteiger partial charge in [0.2, 0.25) is 5.91 Å². The van der Waals surface area contributed by atoms with Gasteiger partial charge >= 0.3 is 0 Å². The Morgan fingerprint density at radius 1 is 0.960 bits per heavy atom. The Bertz CT molecular complexity index is 728. The van der Waals surface area contributed by atoms with Gasteiger partial charge in [-0.15, -0.1) is 0 Å². The Kier molecular flexibility index (Phi) is 4.99. The van der Waals surface area contributed by atoms with Crippen molar-refractivity contribution >= 4 is 16.7 Å². The predicted octanol–water partition coefficient (Wildman–Crippen LogP) is 2.48. The predicted molar refractivity (Wildman–Crippen MR) is 101 cm³/mol. The molecule has 1 aliphatic carbocycles. The topological polar surface area (TPSA) is 35.6 Å². The van der Waals surface area contributed by atoms with Gasteiger partial charge in [0, 0.05) is 39.3 Å². The molecule has 1 heterocycles. The molecule has 0 unspecified atom stereocenters. The molecule has 4 heteroatoms. The molecule has 4 nitrogen and oxygen atoms in total. The zero-order valence-corrected chi connectivity index (χ0v) is 14.8. The van der Waals surface area contributed by atoms with Crippen molar-refractivity contribution in [1.29, 1.82) is 0 Å². The van der Waals surface area contributed by atoms with Gasteiger partial charge in [0.1, 0.15) is 0 Å². The molecule has 132 valence electrons. The van der Waals surface area contributed by atoms with E-state index in [1.54, 1.807) is 0 Å². The second-order valence-corrected chi connectivity index (χ2v) is 7.44. The van der Waals surface area contributed by atoms with E-state index in [4.69, 9.17) is 0 Å². The van der Waals surface area contributed by atoms with Crippen LogP contribution in [-0.2, 0) is 11.3 Å². The van der Waals surface area contributed by atoms with Gasteiger partial charge in [-0.05, 0) is 35.1 Å². The number of amides is 1. The van der Waals surface area contributed by atoms with Gasteiger partial charge < -0.3 is 5.32 Å². The summed E-state index contributed by atoms with van der Waals surface area (Å²) in [7, 11) is 0. The number of hydrogen-bond acceptors (Lipinski definition) is 3. The minimum atomic E-state index is 0.189. The molecule has 0 atom stereocenters. The minimum absolute atomic E-state index is 0.189. The molecule has 1 N–H and O–H groups in total. The van der Waals surface area contributed by atoms with E-state index in [1.165, 1.54) is 29.2 Å². The SMILES string of the molecule is O=C(CN1CCN(Cc2cccc3ccccc23)CC1)NCC1CC1. The Labute approximate surface area is 149 Å². The quantitative estimate of drug-likeness (QED) is 0.880. The Balaban J connectivity index is 1.27. The third-order valence-corrected chi connectivity index (χ3v) is 5.39. The third-order valence-electron chi connectivity index (χ3n) is 5.39. The fraction of sp³-hybridized carbons (Fsp3) is 0.476. The highest BCUT2D eigenvalue weighted by atomic mass is 16.2. The van der Waals surface area contributed by atoms with E-state index in [2.05, 4.69) is 57.6 Å². The largest absolute Gasteiger partial charge is 0.355 e. The van der Waals surface area contributed by atoms with Crippen LogP contribution in [0.15, 0.2) is 42.5 Å². The van der Waals surface area contributed by atoms with Gasteiger partial charge in [-0.25, -0.2) is 0 Å². The smallest absolute Gasteiger partial charge is 0.234 e. The summed E-state index contributed by atoms with van der Waals surface area (Å²) in [6, 6.07) is 15.2. The minimum Gasteiger partial charge on any atom is -0.355 e. The number of hydrogen-bond donors (Lipinski definition) is 1. The van der Waals surface area contributed by atoms with Gasteiger partial charge in [0.25, 0.3) is 0 Å². The summed E-state index contributed by atoms with van der Waals surface area (Å²) >= 11 is 0. The highest BCUT2D eigenvalue weighted by Crippen LogP contribution is 2.27. The zero-order chi connectivity index (χ0) is 17.1. The lowest BCUT2D eigenvalue weighted by Crippen LogP contribution is -2.49. The molecular weight excluding hydrogens is 310 g/mol. The maximum absolute atomic E-state index is 12.0. The van der Waals surface area contributed by atoms with Crippen molar-refractivity contribution < 1.29 is 4.79 Å². The molecule has 2 aliphatic rings. The van der Waals surface area contributed by atoms with Crippen LogP contribution in [0, 0.1) is 5.92 Å². The second-order valence-electron chi connectivity index (χ2n) is 7.44. The van der Waals surface area contributed by atoms with E-state index >= 15 is 0 Å². The molecule has 2 aromatic rings. The van der Waals surface area contributed by atoms with Crippen molar-refractivity contribution in [3.8, 4) is 0 Å². The first kappa shape index (κ1) is 16.6. The summed E-state index contributed by atoms with van der Waals surface area (Å²) in [4.78, 5) is 16.8. The van der Waals surface area contributed by atoms with Gasteiger partial charge in [0.05, 0.1) is 6.54 Å². The third kappa shape index (κ3) is 4.39. The molecular formula is C21H27N3O. The van der Waals surface area contributed by atoms with E-state index in [9.17, 15) is 4.79 Å². The van der Waals surface area contributed by atoms with Crippen LogP contribution in [0.5, 0.6) is 0 Å². The molecule has 0 bridgehead atoms. The molecule has 1 saturated heterocycles. The lowest BCUT2D eigenvalue weighted by Gasteiger charge is -2.34. The van der Waals surface area contributed by atoms with Crippen LogP contribution in [0.3, 0.4) is 0 Å². The van der Waals surface area contributed by atoms with Crippen LogP contribution < -0.4 is 5.32 Å². The number of nitrogens with zero attached hydrogens (tertiary/aromatic N) is 2. The molecule has 0 spiro atoms. The molecule has 0 aromatic heterocycles. The molecule has 2 aromatic carbocycles. The average Bonchev–Trinajstić information content (AvgIpc) is 3.46. The van der Waals surface area contributed by atoms with Crippen LogP contribution in [0.1, 0.15) is 18.4 Å². The monoisotopic (exact) mass is 337 g/mol. The van der Waals surface area contributed by atoms with Crippen molar-refractivity contribution in [2.24, 2.45) is 5.92 Å². The summed E-state index contributed by atoms with van der Waals surface area (Å²) in [6.07, 6.45) is 2.57. The molecule has 25 heavy (non-hydrogen) atoms.